The van der Waals surface area contributed by atoms with Crippen molar-refractivity contribution in [3.05, 3.63) is 35.4 Å². The zero-order valence-electron chi connectivity index (χ0n) is 10.3. The second-order valence-corrected chi connectivity index (χ2v) is 3.88. The van der Waals surface area contributed by atoms with Crippen molar-refractivity contribution in [2.24, 2.45) is 0 Å². The van der Waals surface area contributed by atoms with E-state index in [0.717, 1.165) is 25.1 Å². The molecule has 88 valence electrons. The average Bonchev–Trinajstić information content (AvgIpc) is 2.35. The van der Waals surface area contributed by atoms with Crippen molar-refractivity contribution in [2.75, 3.05) is 27.2 Å². The molecule has 0 aliphatic heterocycles. The number of amides is 1. The molecule has 0 aromatic heterocycles. The highest BCUT2D eigenvalue weighted by atomic mass is 16.2. The Morgan fingerprint density at radius 3 is 2.81 bits per heavy atom. The maximum atomic E-state index is 12.0. The molecule has 0 aliphatic rings. The van der Waals surface area contributed by atoms with Gasteiger partial charge in [0.1, 0.15) is 0 Å². The lowest BCUT2D eigenvalue weighted by atomic mass is 10.1. The summed E-state index contributed by atoms with van der Waals surface area (Å²) in [6.07, 6.45) is 0.960. The van der Waals surface area contributed by atoms with E-state index >= 15 is 0 Å². The first-order valence-corrected chi connectivity index (χ1v) is 5.68. The molecule has 0 saturated heterocycles. The quantitative estimate of drug-likeness (QED) is 0.816. The van der Waals surface area contributed by atoms with Gasteiger partial charge in [-0.1, -0.05) is 19.1 Å². The minimum absolute atomic E-state index is 0.0885. The third-order valence-electron chi connectivity index (χ3n) is 2.63. The summed E-state index contributed by atoms with van der Waals surface area (Å²) >= 11 is 0. The molecular formula is C13H20N2O. The van der Waals surface area contributed by atoms with Crippen molar-refractivity contribution in [1.82, 2.24) is 10.2 Å². The molecule has 0 fully saturated rings. The van der Waals surface area contributed by atoms with Crippen LogP contribution in [0, 0.1) is 0 Å². The second-order valence-electron chi connectivity index (χ2n) is 3.88. The Morgan fingerprint density at radius 2 is 2.19 bits per heavy atom. The Hall–Kier alpha value is -1.35. The molecule has 0 atom stereocenters. The summed E-state index contributed by atoms with van der Waals surface area (Å²) in [6, 6.07) is 7.83. The molecule has 1 amide bonds. The Balaban J connectivity index is 2.71. The predicted molar refractivity (Wildman–Crippen MR) is 66.7 cm³/mol. The summed E-state index contributed by atoms with van der Waals surface area (Å²) in [5.41, 5.74) is 1.98. The molecule has 1 aromatic rings. The average molecular weight is 220 g/mol. The van der Waals surface area contributed by atoms with E-state index in [-0.39, 0.29) is 5.91 Å². The Kier molecular flexibility index (Phi) is 4.99. The van der Waals surface area contributed by atoms with Crippen molar-refractivity contribution >= 4 is 5.91 Å². The van der Waals surface area contributed by atoms with Crippen LogP contribution in [0.25, 0.3) is 0 Å². The lowest BCUT2D eigenvalue weighted by Crippen LogP contribution is -2.32. The van der Waals surface area contributed by atoms with Crippen molar-refractivity contribution in [1.29, 1.82) is 0 Å². The molecule has 0 aliphatic carbocycles. The van der Waals surface area contributed by atoms with Crippen LogP contribution in [-0.4, -0.2) is 38.0 Å². The fourth-order valence-electron chi connectivity index (χ4n) is 1.53. The fourth-order valence-corrected chi connectivity index (χ4v) is 1.53. The Bertz CT molecular complexity index is 350. The number of benzene rings is 1. The number of nitrogens with zero attached hydrogens (tertiary/aromatic N) is 1. The van der Waals surface area contributed by atoms with Gasteiger partial charge in [-0.2, -0.15) is 0 Å². The fraction of sp³-hybridized carbons (Fsp3) is 0.462. The van der Waals surface area contributed by atoms with Gasteiger partial charge in [0.15, 0.2) is 0 Å². The molecule has 3 heteroatoms. The number of hydrogen-bond donors (Lipinski definition) is 1. The first-order chi connectivity index (χ1) is 7.69. The maximum absolute atomic E-state index is 12.0. The second kappa shape index (κ2) is 6.28. The molecule has 0 radical (unpaired) electrons. The summed E-state index contributed by atoms with van der Waals surface area (Å²) in [4.78, 5) is 13.8. The molecule has 1 N–H and O–H groups in total. The topological polar surface area (TPSA) is 32.3 Å². The molecule has 1 aromatic carbocycles. The van der Waals surface area contributed by atoms with Crippen LogP contribution in [-0.2, 0) is 6.42 Å². The van der Waals surface area contributed by atoms with E-state index in [0.29, 0.717) is 0 Å². The highest BCUT2D eigenvalue weighted by Gasteiger charge is 2.10. The third kappa shape index (κ3) is 3.35. The molecule has 0 spiro atoms. The highest BCUT2D eigenvalue weighted by Crippen LogP contribution is 2.08. The van der Waals surface area contributed by atoms with Crippen LogP contribution in [0.3, 0.4) is 0 Å². The SMILES string of the molecule is CCc1cccc(C(=O)N(C)CCNC)c1. The number of nitrogens with one attached hydrogen (secondary N) is 1. The van der Waals surface area contributed by atoms with Gasteiger partial charge < -0.3 is 10.2 Å². The predicted octanol–water partition coefficient (Wildman–Crippen LogP) is 1.54. The van der Waals surface area contributed by atoms with Gasteiger partial charge in [-0.05, 0) is 31.2 Å². The molecule has 0 saturated carbocycles. The van der Waals surface area contributed by atoms with E-state index in [9.17, 15) is 4.79 Å². The Labute approximate surface area is 97.5 Å². The summed E-state index contributed by atoms with van der Waals surface area (Å²) < 4.78 is 0. The van der Waals surface area contributed by atoms with Crippen LogP contribution < -0.4 is 5.32 Å². The van der Waals surface area contributed by atoms with Crippen molar-refractivity contribution in [3.8, 4) is 0 Å². The zero-order chi connectivity index (χ0) is 12.0. The van der Waals surface area contributed by atoms with Gasteiger partial charge in [0.25, 0.3) is 5.91 Å². The van der Waals surface area contributed by atoms with Crippen molar-refractivity contribution in [2.45, 2.75) is 13.3 Å². The largest absolute Gasteiger partial charge is 0.340 e. The van der Waals surface area contributed by atoms with E-state index in [1.807, 2.05) is 38.4 Å². The van der Waals surface area contributed by atoms with Crippen LogP contribution in [0.4, 0.5) is 0 Å². The van der Waals surface area contributed by atoms with Crippen LogP contribution in [0.15, 0.2) is 24.3 Å². The van der Waals surface area contributed by atoms with Crippen LogP contribution >= 0.6 is 0 Å². The first-order valence-electron chi connectivity index (χ1n) is 5.68. The highest BCUT2D eigenvalue weighted by molar-refractivity contribution is 5.94. The third-order valence-corrected chi connectivity index (χ3v) is 2.63. The minimum Gasteiger partial charge on any atom is -0.340 e. The molecule has 0 bridgehead atoms. The van der Waals surface area contributed by atoms with Gasteiger partial charge in [-0.25, -0.2) is 0 Å². The van der Waals surface area contributed by atoms with Gasteiger partial charge >= 0.3 is 0 Å². The van der Waals surface area contributed by atoms with E-state index in [4.69, 9.17) is 0 Å². The molecule has 0 unspecified atom stereocenters. The van der Waals surface area contributed by atoms with Crippen molar-refractivity contribution < 1.29 is 4.79 Å². The Morgan fingerprint density at radius 1 is 1.44 bits per heavy atom. The smallest absolute Gasteiger partial charge is 0.253 e. The lowest BCUT2D eigenvalue weighted by molar-refractivity contribution is 0.0797. The summed E-state index contributed by atoms with van der Waals surface area (Å²) in [5, 5.41) is 3.03. The molecule has 1 rings (SSSR count). The maximum Gasteiger partial charge on any atom is 0.253 e. The van der Waals surface area contributed by atoms with Gasteiger partial charge in [-0.15, -0.1) is 0 Å². The van der Waals surface area contributed by atoms with Gasteiger partial charge in [0.05, 0.1) is 0 Å². The summed E-state index contributed by atoms with van der Waals surface area (Å²) in [6.45, 7) is 3.63. The lowest BCUT2D eigenvalue weighted by Gasteiger charge is -2.17. The number of aryl methyl sites for hydroxylation is 1. The number of carbonyl (C=O) groups excluding carboxylic acids is 1. The monoisotopic (exact) mass is 220 g/mol. The number of carbonyl (C=O) groups is 1. The minimum atomic E-state index is 0.0885. The van der Waals surface area contributed by atoms with Crippen LogP contribution in [0.5, 0.6) is 0 Å². The number of rotatable bonds is 5. The summed E-state index contributed by atoms with van der Waals surface area (Å²) in [5.74, 6) is 0.0885. The molecule has 3 nitrogen and oxygen atoms in total. The van der Waals surface area contributed by atoms with Crippen molar-refractivity contribution in [3.63, 3.8) is 0 Å². The standard InChI is InChI=1S/C13H20N2O/c1-4-11-6-5-7-12(10-11)13(16)15(3)9-8-14-2/h5-7,10,14H,4,8-9H2,1-3H3. The first kappa shape index (κ1) is 12.7. The zero-order valence-corrected chi connectivity index (χ0v) is 10.3. The van der Waals surface area contributed by atoms with Gasteiger partial charge in [-0.3, -0.25) is 4.79 Å². The van der Waals surface area contributed by atoms with E-state index in [1.54, 1.807) is 4.90 Å². The van der Waals surface area contributed by atoms with Crippen LogP contribution in [0.2, 0.25) is 0 Å². The van der Waals surface area contributed by atoms with E-state index in [1.165, 1.54) is 5.56 Å². The molecule has 16 heavy (non-hydrogen) atoms. The molecular weight excluding hydrogens is 200 g/mol. The van der Waals surface area contributed by atoms with E-state index in [2.05, 4.69) is 12.2 Å². The van der Waals surface area contributed by atoms with E-state index < -0.39 is 0 Å². The van der Waals surface area contributed by atoms with Gasteiger partial charge in [0, 0.05) is 25.7 Å². The molecule has 0 heterocycles. The number of likely N-dealkylation sites (N-methyl/N-ethyl adjacent to an activating group) is 2. The summed E-state index contributed by atoms with van der Waals surface area (Å²) in [7, 11) is 3.72. The van der Waals surface area contributed by atoms with Crippen LogP contribution in [0.1, 0.15) is 22.8 Å². The number of hydrogen-bond acceptors (Lipinski definition) is 2. The normalized spacial score (nSPS) is 10.2. The van der Waals surface area contributed by atoms with Gasteiger partial charge in [0.2, 0.25) is 0 Å².